The Balaban J connectivity index is 1.86. The molecule has 0 aliphatic carbocycles. The Bertz CT molecular complexity index is 1620. The lowest BCUT2D eigenvalue weighted by molar-refractivity contribution is -0.140. The molecule has 5 rings (SSSR count). The molecule has 2 N–H and O–H groups in total. The number of phenols is 2. The molecule has 2 heterocycles. The second-order valence-electron chi connectivity index (χ2n) is 8.13. The number of rotatable bonds is 5. The minimum absolute atomic E-state index is 0.00399. The molecular formula is C28H21NO6. The van der Waals surface area contributed by atoms with Crippen LogP contribution < -0.4 is 5.43 Å². The first-order valence-corrected chi connectivity index (χ1v) is 11.0. The third kappa shape index (κ3) is 3.97. The van der Waals surface area contributed by atoms with Crippen LogP contribution in [0.3, 0.4) is 0 Å². The van der Waals surface area contributed by atoms with Crippen molar-refractivity contribution >= 4 is 27.8 Å². The lowest BCUT2D eigenvalue weighted by Gasteiger charge is -2.21. The number of aromatic hydroxyl groups is 2. The fourth-order valence-corrected chi connectivity index (χ4v) is 4.43. The fraction of sp³-hybridized carbons (Fsp3) is 0.107. The number of para-hydroxylation sites is 1. The third-order valence-electron chi connectivity index (χ3n) is 6.04. The Morgan fingerprint density at radius 1 is 1.00 bits per heavy atom. The molecule has 174 valence electrons. The molecule has 3 aromatic carbocycles. The van der Waals surface area contributed by atoms with E-state index in [9.17, 15) is 19.8 Å². The van der Waals surface area contributed by atoms with Crippen molar-refractivity contribution < 1.29 is 24.2 Å². The van der Waals surface area contributed by atoms with Crippen LogP contribution in [0.25, 0.3) is 33.2 Å². The highest BCUT2D eigenvalue weighted by molar-refractivity contribution is 5.92. The van der Waals surface area contributed by atoms with E-state index in [1.807, 2.05) is 36.4 Å². The molecule has 2 aromatic heterocycles. The molecule has 1 unspecified atom stereocenters. The molecule has 0 fully saturated rings. The van der Waals surface area contributed by atoms with Crippen LogP contribution in [0.15, 0.2) is 88.2 Å². The van der Waals surface area contributed by atoms with E-state index in [0.717, 1.165) is 11.5 Å². The van der Waals surface area contributed by atoms with Crippen LogP contribution in [0, 0.1) is 0 Å². The summed E-state index contributed by atoms with van der Waals surface area (Å²) in [6, 6.07) is 20.6. The second-order valence-corrected chi connectivity index (χ2v) is 8.13. The summed E-state index contributed by atoms with van der Waals surface area (Å²) in [5.74, 6) is -1.77. The van der Waals surface area contributed by atoms with Crippen LogP contribution in [0.2, 0.25) is 0 Å². The van der Waals surface area contributed by atoms with Crippen LogP contribution in [0.5, 0.6) is 11.5 Å². The number of carbonyl (C=O) groups is 1. The van der Waals surface area contributed by atoms with E-state index >= 15 is 0 Å². The number of hydrogen-bond donors (Lipinski definition) is 2. The van der Waals surface area contributed by atoms with Crippen molar-refractivity contribution in [2.75, 3.05) is 7.11 Å². The summed E-state index contributed by atoms with van der Waals surface area (Å²) in [7, 11) is 1.28. The molecule has 0 saturated carbocycles. The number of methoxy groups -OCH3 is 1. The van der Waals surface area contributed by atoms with Gasteiger partial charge in [-0.1, -0.05) is 54.6 Å². The Kier molecular flexibility index (Phi) is 5.66. The third-order valence-corrected chi connectivity index (χ3v) is 6.04. The minimum atomic E-state index is -0.779. The standard InChI is InChI=1S/C28H21NO6/c1-34-24(33)13-19(18-11-5-9-17-10-6-12-29-27(17)18)25-20(30)14-21(31)26-22(32)15-23(35-28(25)26)16-7-3-2-4-8-16/h2-12,14-15,19,30-31H,13H2,1H3. The number of fused-ring (bicyclic) bond motifs is 2. The van der Waals surface area contributed by atoms with Gasteiger partial charge in [0.1, 0.15) is 28.2 Å². The molecule has 0 saturated heterocycles. The summed E-state index contributed by atoms with van der Waals surface area (Å²) < 4.78 is 11.1. The summed E-state index contributed by atoms with van der Waals surface area (Å²) >= 11 is 0. The molecule has 0 amide bonds. The number of aromatic nitrogens is 1. The van der Waals surface area contributed by atoms with Gasteiger partial charge in [0.25, 0.3) is 0 Å². The molecule has 35 heavy (non-hydrogen) atoms. The van der Waals surface area contributed by atoms with Crippen LogP contribution in [0.1, 0.15) is 23.5 Å². The number of ether oxygens (including phenoxy) is 1. The lowest BCUT2D eigenvalue weighted by Crippen LogP contribution is -2.13. The number of nitrogens with zero attached hydrogens (tertiary/aromatic N) is 1. The van der Waals surface area contributed by atoms with Gasteiger partial charge in [-0.25, -0.2) is 0 Å². The van der Waals surface area contributed by atoms with Crippen molar-refractivity contribution in [3.05, 3.63) is 100 Å². The van der Waals surface area contributed by atoms with E-state index < -0.39 is 23.1 Å². The highest BCUT2D eigenvalue weighted by atomic mass is 16.5. The molecule has 0 radical (unpaired) electrons. The van der Waals surface area contributed by atoms with Gasteiger partial charge < -0.3 is 19.4 Å². The zero-order valence-electron chi connectivity index (χ0n) is 18.8. The Morgan fingerprint density at radius 3 is 2.54 bits per heavy atom. The zero-order chi connectivity index (χ0) is 24.5. The maximum atomic E-state index is 13.1. The van der Waals surface area contributed by atoms with Crippen molar-refractivity contribution in [3.63, 3.8) is 0 Å². The van der Waals surface area contributed by atoms with Crippen molar-refractivity contribution in [2.24, 2.45) is 0 Å². The zero-order valence-corrected chi connectivity index (χ0v) is 18.8. The molecule has 7 heteroatoms. The van der Waals surface area contributed by atoms with Gasteiger partial charge in [0, 0.05) is 40.8 Å². The Labute approximate surface area is 199 Å². The summed E-state index contributed by atoms with van der Waals surface area (Å²) in [5.41, 5.74) is 1.63. The summed E-state index contributed by atoms with van der Waals surface area (Å²) in [4.78, 5) is 30.1. The first-order chi connectivity index (χ1) is 17.0. The molecular weight excluding hydrogens is 446 g/mol. The van der Waals surface area contributed by atoms with Gasteiger partial charge in [-0.05, 0) is 11.6 Å². The molecule has 0 aliphatic rings. The molecule has 0 spiro atoms. The summed E-state index contributed by atoms with van der Waals surface area (Å²) in [5, 5.41) is 22.3. The van der Waals surface area contributed by atoms with Gasteiger partial charge in [0.15, 0.2) is 5.43 Å². The van der Waals surface area contributed by atoms with Crippen LogP contribution in [-0.4, -0.2) is 28.3 Å². The maximum Gasteiger partial charge on any atom is 0.306 e. The van der Waals surface area contributed by atoms with Gasteiger partial charge in [-0.2, -0.15) is 0 Å². The Morgan fingerprint density at radius 2 is 1.77 bits per heavy atom. The monoisotopic (exact) mass is 467 g/mol. The van der Waals surface area contributed by atoms with E-state index in [2.05, 4.69) is 4.98 Å². The highest BCUT2D eigenvalue weighted by Gasteiger charge is 2.29. The lowest BCUT2D eigenvalue weighted by atomic mass is 9.85. The van der Waals surface area contributed by atoms with E-state index in [0.29, 0.717) is 16.6 Å². The average molecular weight is 467 g/mol. The molecule has 7 nitrogen and oxygen atoms in total. The number of phenolic OH excluding ortho intramolecular Hbond substituents is 2. The number of benzene rings is 3. The average Bonchev–Trinajstić information content (AvgIpc) is 2.87. The predicted octanol–water partition coefficient (Wildman–Crippen LogP) is 5.11. The number of hydrogen-bond acceptors (Lipinski definition) is 7. The minimum Gasteiger partial charge on any atom is -0.507 e. The molecule has 1 atom stereocenters. The first-order valence-electron chi connectivity index (χ1n) is 11.0. The highest BCUT2D eigenvalue weighted by Crippen LogP contribution is 2.44. The molecule has 5 aromatic rings. The molecule has 0 aliphatic heterocycles. The second kappa shape index (κ2) is 8.95. The van der Waals surface area contributed by atoms with Crippen LogP contribution in [0.4, 0.5) is 0 Å². The number of carbonyl (C=O) groups excluding carboxylic acids is 1. The Hall–Kier alpha value is -4.65. The van der Waals surface area contributed by atoms with Crippen LogP contribution >= 0.6 is 0 Å². The summed E-state index contributed by atoms with van der Waals surface area (Å²) in [6.45, 7) is 0. The van der Waals surface area contributed by atoms with Crippen LogP contribution in [-0.2, 0) is 9.53 Å². The van der Waals surface area contributed by atoms with Gasteiger partial charge in [0.05, 0.1) is 19.0 Å². The SMILES string of the molecule is COC(=O)CC(c1cccc2cccnc12)c1c(O)cc(O)c2c(=O)cc(-c3ccccc3)oc12. The van der Waals surface area contributed by atoms with Crippen molar-refractivity contribution in [1.29, 1.82) is 0 Å². The normalized spacial score (nSPS) is 12.0. The largest absolute Gasteiger partial charge is 0.507 e. The fourth-order valence-electron chi connectivity index (χ4n) is 4.43. The first kappa shape index (κ1) is 22.2. The number of pyridine rings is 1. The van der Waals surface area contributed by atoms with Gasteiger partial charge in [0.2, 0.25) is 0 Å². The van der Waals surface area contributed by atoms with E-state index in [-0.39, 0.29) is 34.5 Å². The van der Waals surface area contributed by atoms with Gasteiger partial charge >= 0.3 is 5.97 Å². The molecule has 0 bridgehead atoms. The number of esters is 1. The van der Waals surface area contributed by atoms with Gasteiger partial charge in [-0.15, -0.1) is 0 Å². The quantitative estimate of drug-likeness (QED) is 0.346. The van der Waals surface area contributed by atoms with E-state index in [1.54, 1.807) is 30.5 Å². The van der Waals surface area contributed by atoms with E-state index in [4.69, 9.17) is 9.15 Å². The topological polar surface area (TPSA) is 110 Å². The maximum absolute atomic E-state index is 13.1. The van der Waals surface area contributed by atoms with Crippen molar-refractivity contribution in [3.8, 4) is 22.8 Å². The van der Waals surface area contributed by atoms with Gasteiger partial charge in [-0.3, -0.25) is 14.6 Å². The van der Waals surface area contributed by atoms with Crippen molar-refractivity contribution in [1.82, 2.24) is 4.98 Å². The summed E-state index contributed by atoms with van der Waals surface area (Å²) in [6.07, 6.45) is 1.49. The van der Waals surface area contributed by atoms with Crippen molar-refractivity contribution in [2.45, 2.75) is 12.3 Å². The smallest absolute Gasteiger partial charge is 0.306 e. The predicted molar refractivity (Wildman–Crippen MR) is 131 cm³/mol. The van der Waals surface area contributed by atoms with E-state index in [1.165, 1.54) is 13.2 Å².